The van der Waals surface area contributed by atoms with Crippen LogP contribution < -0.4 is 0 Å². The van der Waals surface area contributed by atoms with Crippen LogP contribution in [0.15, 0.2) is 0 Å². The highest BCUT2D eigenvalue weighted by Gasteiger charge is 2.19. The number of ether oxygens (including phenoxy) is 3. The SMILES string of the molecule is CCCCCCCCCCCCCCC(=O)OC[C@@H](COC(=O)CCCCCCCCCCCCCCCC(C)C)OC(=O)CCCCCCCCCCCCCCCC(C)C. The lowest BCUT2D eigenvalue weighted by atomic mass is 10.0. The van der Waals surface area contributed by atoms with Gasteiger partial charge in [-0.3, -0.25) is 14.4 Å². The number of carbonyl (C=O) groups is 3. The molecule has 0 aromatic carbocycles. The summed E-state index contributed by atoms with van der Waals surface area (Å²) < 4.78 is 16.9. The van der Waals surface area contributed by atoms with Crippen molar-refractivity contribution >= 4 is 17.9 Å². The standard InChI is InChI=1S/C56H108O6/c1-6-7-8-9-10-11-12-21-26-31-36-41-46-54(57)60-49-53(62-56(59)48-43-38-33-28-23-18-14-16-20-25-30-35-40-45-52(4)5)50-61-55(58)47-42-37-32-27-22-17-13-15-19-24-29-34-39-44-51(2)3/h51-53H,6-50H2,1-5H3/t53-/m0/s1. The van der Waals surface area contributed by atoms with Gasteiger partial charge in [-0.15, -0.1) is 0 Å². The van der Waals surface area contributed by atoms with E-state index in [-0.39, 0.29) is 31.1 Å². The molecule has 0 heterocycles. The highest BCUT2D eigenvalue weighted by atomic mass is 16.6. The van der Waals surface area contributed by atoms with Crippen molar-refractivity contribution in [3.05, 3.63) is 0 Å². The normalized spacial score (nSPS) is 12.0. The fourth-order valence-corrected chi connectivity index (χ4v) is 8.52. The molecule has 0 saturated carbocycles. The summed E-state index contributed by atoms with van der Waals surface area (Å²) in [6.45, 7) is 11.4. The highest BCUT2D eigenvalue weighted by Crippen LogP contribution is 2.18. The summed E-state index contributed by atoms with van der Waals surface area (Å²) in [4.78, 5) is 38.0. The van der Waals surface area contributed by atoms with Crippen LogP contribution in [0.2, 0.25) is 0 Å². The first-order valence-electron chi connectivity index (χ1n) is 27.7. The van der Waals surface area contributed by atoms with Crippen molar-refractivity contribution in [2.24, 2.45) is 11.8 Å². The topological polar surface area (TPSA) is 78.9 Å². The Bertz CT molecular complexity index is 947. The van der Waals surface area contributed by atoms with E-state index in [4.69, 9.17) is 14.2 Å². The summed E-state index contributed by atoms with van der Waals surface area (Å²) in [7, 11) is 0. The van der Waals surface area contributed by atoms with Crippen molar-refractivity contribution in [3.8, 4) is 0 Å². The van der Waals surface area contributed by atoms with Crippen molar-refractivity contribution in [2.45, 2.75) is 317 Å². The lowest BCUT2D eigenvalue weighted by Crippen LogP contribution is -2.30. The second-order valence-electron chi connectivity index (χ2n) is 20.2. The van der Waals surface area contributed by atoms with Crippen LogP contribution in [0.4, 0.5) is 0 Å². The maximum atomic E-state index is 12.8. The summed E-state index contributed by atoms with van der Waals surface area (Å²) in [5.41, 5.74) is 0. The van der Waals surface area contributed by atoms with E-state index in [0.29, 0.717) is 19.3 Å². The minimum Gasteiger partial charge on any atom is -0.462 e. The van der Waals surface area contributed by atoms with Crippen molar-refractivity contribution in [1.29, 1.82) is 0 Å². The number of carbonyl (C=O) groups excluding carboxylic acids is 3. The third kappa shape index (κ3) is 49.4. The number of unbranched alkanes of at least 4 members (excludes halogenated alkanes) is 35. The van der Waals surface area contributed by atoms with Crippen LogP contribution in [-0.2, 0) is 28.6 Å². The predicted octanol–water partition coefficient (Wildman–Crippen LogP) is 18.1. The van der Waals surface area contributed by atoms with Gasteiger partial charge in [0.2, 0.25) is 0 Å². The molecule has 6 nitrogen and oxygen atoms in total. The molecule has 0 aliphatic carbocycles. The molecule has 0 radical (unpaired) electrons. The molecule has 0 aliphatic rings. The van der Waals surface area contributed by atoms with E-state index in [2.05, 4.69) is 34.6 Å². The molecule has 0 saturated heterocycles. The molecule has 368 valence electrons. The Morgan fingerprint density at radius 3 is 0.790 bits per heavy atom. The Morgan fingerprint density at radius 2 is 0.532 bits per heavy atom. The molecule has 0 aromatic rings. The highest BCUT2D eigenvalue weighted by molar-refractivity contribution is 5.71. The Balaban J connectivity index is 4.30. The smallest absolute Gasteiger partial charge is 0.306 e. The van der Waals surface area contributed by atoms with Gasteiger partial charge in [-0.1, -0.05) is 272 Å². The first-order chi connectivity index (χ1) is 30.2. The van der Waals surface area contributed by atoms with E-state index in [1.807, 2.05) is 0 Å². The number of hydrogen-bond donors (Lipinski definition) is 0. The molecular formula is C56H108O6. The Kier molecular flexibility index (Phi) is 47.6. The monoisotopic (exact) mass is 877 g/mol. The van der Waals surface area contributed by atoms with Gasteiger partial charge in [0.05, 0.1) is 0 Å². The van der Waals surface area contributed by atoms with E-state index >= 15 is 0 Å². The van der Waals surface area contributed by atoms with Gasteiger partial charge >= 0.3 is 17.9 Å². The minimum atomic E-state index is -0.762. The fourth-order valence-electron chi connectivity index (χ4n) is 8.52. The van der Waals surface area contributed by atoms with Gasteiger partial charge in [0.15, 0.2) is 6.10 Å². The van der Waals surface area contributed by atoms with Crippen molar-refractivity contribution in [1.82, 2.24) is 0 Å². The first kappa shape index (κ1) is 60.4. The minimum absolute atomic E-state index is 0.0630. The number of rotatable bonds is 50. The number of esters is 3. The molecule has 0 N–H and O–H groups in total. The van der Waals surface area contributed by atoms with E-state index in [9.17, 15) is 14.4 Å². The second-order valence-corrected chi connectivity index (χ2v) is 20.2. The number of hydrogen-bond acceptors (Lipinski definition) is 6. The molecule has 6 heteroatoms. The fraction of sp³-hybridized carbons (Fsp3) is 0.946. The van der Waals surface area contributed by atoms with E-state index in [1.54, 1.807) is 0 Å². The summed E-state index contributed by atoms with van der Waals surface area (Å²) in [6, 6.07) is 0. The quantitative estimate of drug-likeness (QED) is 0.0344. The molecule has 1 atom stereocenters. The second kappa shape index (κ2) is 48.9. The Labute approximate surface area is 387 Å². The van der Waals surface area contributed by atoms with Gasteiger partial charge in [0, 0.05) is 19.3 Å². The summed E-state index contributed by atoms with van der Waals surface area (Å²) in [5, 5.41) is 0. The maximum absolute atomic E-state index is 12.8. The van der Waals surface area contributed by atoms with Crippen LogP contribution in [0.3, 0.4) is 0 Å². The molecule has 0 rings (SSSR count). The van der Waals surface area contributed by atoms with Crippen LogP contribution >= 0.6 is 0 Å². The zero-order valence-electron chi connectivity index (χ0n) is 42.5. The van der Waals surface area contributed by atoms with Gasteiger partial charge in [0.25, 0.3) is 0 Å². The van der Waals surface area contributed by atoms with Crippen LogP contribution in [0.25, 0.3) is 0 Å². The predicted molar refractivity (Wildman–Crippen MR) is 266 cm³/mol. The van der Waals surface area contributed by atoms with Gasteiger partial charge in [-0.2, -0.15) is 0 Å². The largest absolute Gasteiger partial charge is 0.462 e. The van der Waals surface area contributed by atoms with Crippen LogP contribution in [-0.4, -0.2) is 37.2 Å². The lowest BCUT2D eigenvalue weighted by Gasteiger charge is -2.18. The molecule has 0 bridgehead atoms. The molecule has 0 amide bonds. The lowest BCUT2D eigenvalue weighted by molar-refractivity contribution is -0.167. The van der Waals surface area contributed by atoms with E-state index < -0.39 is 6.10 Å². The molecule has 0 unspecified atom stereocenters. The molecule has 0 aliphatic heterocycles. The molecular weight excluding hydrogens is 769 g/mol. The third-order valence-electron chi connectivity index (χ3n) is 12.7. The first-order valence-corrected chi connectivity index (χ1v) is 27.7. The van der Waals surface area contributed by atoms with Crippen molar-refractivity contribution in [2.75, 3.05) is 13.2 Å². The van der Waals surface area contributed by atoms with Crippen molar-refractivity contribution < 1.29 is 28.6 Å². The van der Waals surface area contributed by atoms with Gasteiger partial charge in [-0.05, 0) is 31.1 Å². The maximum Gasteiger partial charge on any atom is 0.306 e. The van der Waals surface area contributed by atoms with Gasteiger partial charge in [-0.25, -0.2) is 0 Å². The Hall–Kier alpha value is -1.59. The molecule has 0 spiro atoms. The van der Waals surface area contributed by atoms with Crippen LogP contribution in [0.1, 0.15) is 311 Å². The average Bonchev–Trinajstić information content (AvgIpc) is 3.24. The average molecular weight is 877 g/mol. The molecule has 62 heavy (non-hydrogen) atoms. The van der Waals surface area contributed by atoms with E-state index in [1.165, 1.54) is 199 Å². The molecule has 0 aromatic heterocycles. The summed E-state index contributed by atoms with van der Waals surface area (Å²) in [6.07, 6.45) is 50.9. The Morgan fingerprint density at radius 1 is 0.306 bits per heavy atom. The van der Waals surface area contributed by atoms with E-state index in [0.717, 1.165) is 69.6 Å². The van der Waals surface area contributed by atoms with Gasteiger partial charge in [0.1, 0.15) is 13.2 Å². The zero-order valence-corrected chi connectivity index (χ0v) is 42.5. The van der Waals surface area contributed by atoms with Crippen LogP contribution in [0.5, 0.6) is 0 Å². The third-order valence-corrected chi connectivity index (χ3v) is 12.7. The molecule has 0 fully saturated rings. The van der Waals surface area contributed by atoms with Crippen LogP contribution in [0, 0.1) is 11.8 Å². The summed E-state index contributed by atoms with van der Waals surface area (Å²) >= 11 is 0. The zero-order chi connectivity index (χ0) is 45.4. The van der Waals surface area contributed by atoms with Crippen molar-refractivity contribution in [3.63, 3.8) is 0 Å². The summed E-state index contributed by atoms with van der Waals surface area (Å²) in [5.74, 6) is 0.836. The van der Waals surface area contributed by atoms with Gasteiger partial charge < -0.3 is 14.2 Å².